The van der Waals surface area contributed by atoms with E-state index in [2.05, 4.69) is 20.6 Å². The Kier molecular flexibility index (Phi) is 3.91. The van der Waals surface area contributed by atoms with Gasteiger partial charge in [-0.2, -0.15) is 5.26 Å². The molecule has 7 heteroatoms. The van der Waals surface area contributed by atoms with E-state index in [1.807, 2.05) is 6.07 Å². The van der Waals surface area contributed by atoms with Crippen molar-refractivity contribution >= 4 is 23.2 Å². The first-order valence-corrected chi connectivity index (χ1v) is 7.17. The molecule has 23 heavy (non-hydrogen) atoms. The summed E-state index contributed by atoms with van der Waals surface area (Å²) in [4.78, 5) is 20.1. The van der Waals surface area contributed by atoms with Crippen molar-refractivity contribution in [2.24, 2.45) is 5.92 Å². The molecule has 0 spiro atoms. The minimum absolute atomic E-state index is 0.181. The molecule has 0 unspecified atom stereocenters. The van der Waals surface area contributed by atoms with Gasteiger partial charge >= 0.3 is 0 Å². The smallest absolute Gasteiger partial charge is 0.227 e. The lowest BCUT2D eigenvalue weighted by Gasteiger charge is -2.36. The minimum Gasteiger partial charge on any atom is -0.375 e. The van der Waals surface area contributed by atoms with E-state index in [0.717, 1.165) is 5.69 Å². The van der Waals surface area contributed by atoms with Gasteiger partial charge in [0.15, 0.2) is 5.60 Å². The number of nitrogens with zero attached hydrogens (tertiary/aromatic N) is 3. The molecular formula is C16H15N5O2. The Hall–Kier alpha value is -2.98. The van der Waals surface area contributed by atoms with Crippen molar-refractivity contribution in [1.29, 1.82) is 5.26 Å². The number of rotatable bonds is 4. The van der Waals surface area contributed by atoms with Crippen molar-refractivity contribution in [3.63, 3.8) is 0 Å². The standard InChI is InChI=1S/C16H15N5O2/c17-10-16(23)8-11(9-16)14(22)20-12-2-4-13(5-3-12)21-15-18-6-1-7-19-15/h1-7,11,23H,8-9H2,(H,20,22)(H,18,19,21). The Morgan fingerprint density at radius 1 is 1.22 bits per heavy atom. The lowest BCUT2D eigenvalue weighted by atomic mass is 9.71. The zero-order valence-electron chi connectivity index (χ0n) is 12.2. The number of amides is 1. The first-order chi connectivity index (χ1) is 11.1. The van der Waals surface area contributed by atoms with Crippen LogP contribution >= 0.6 is 0 Å². The molecule has 2 aromatic rings. The fourth-order valence-corrected chi connectivity index (χ4v) is 2.41. The number of carbonyl (C=O) groups is 1. The summed E-state index contributed by atoms with van der Waals surface area (Å²) in [5.74, 6) is -0.0123. The molecule has 1 aromatic carbocycles. The number of nitrogens with one attached hydrogen (secondary N) is 2. The molecule has 1 aliphatic rings. The summed E-state index contributed by atoms with van der Waals surface area (Å²) in [7, 11) is 0. The van der Waals surface area contributed by atoms with Gasteiger partial charge in [-0.15, -0.1) is 0 Å². The summed E-state index contributed by atoms with van der Waals surface area (Å²) >= 11 is 0. The van der Waals surface area contributed by atoms with E-state index in [9.17, 15) is 9.90 Å². The van der Waals surface area contributed by atoms with Crippen LogP contribution in [0.4, 0.5) is 17.3 Å². The maximum Gasteiger partial charge on any atom is 0.227 e. The molecule has 0 atom stereocenters. The fraction of sp³-hybridized carbons (Fsp3) is 0.250. The second-order valence-corrected chi connectivity index (χ2v) is 5.51. The van der Waals surface area contributed by atoms with Crippen LogP contribution in [-0.2, 0) is 4.79 Å². The van der Waals surface area contributed by atoms with Crippen molar-refractivity contribution in [3.05, 3.63) is 42.7 Å². The van der Waals surface area contributed by atoms with E-state index in [4.69, 9.17) is 5.26 Å². The van der Waals surface area contributed by atoms with Crippen LogP contribution in [0, 0.1) is 17.2 Å². The van der Waals surface area contributed by atoms with Gasteiger partial charge in [-0.25, -0.2) is 9.97 Å². The molecule has 3 N–H and O–H groups in total. The second kappa shape index (κ2) is 6.02. The van der Waals surface area contributed by atoms with Crippen LogP contribution < -0.4 is 10.6 Å². The summed E-state index contributed by atoms with van der Waals surface area (Å²) in [5, 5.41) is 24.2. The number of anilines is 3. The average Bonchev–Trinajstić information content (AvgIpc) is 2.54. The number of carbonyl (C=O) groups excluding carboxylic acids is 1. The van der Waals surface area contributed by atoms with Crippen LogP contribution in [0.1, 0.15) is 12.8 Å². The van der Waals surface area contributed by atoms with E-state index >= 15 is 0 Å². The van der Waals surface area contributed by atoms with Crippen LogP contribution in [0.15, 0.2) is 42.7 Å². The molecule has 0 saturated heterocycles. The molecular weight excluding hydrogens is 294 g/mol. The van der Waals surface area contributed by atoms with Gasteiger partial charge in [-0.05, 0) is 30.3 Å². The number of hydrogen-bond acceptors (Lipinski definition) is 6. The van der Waals surface area contributed by atoms with Crippen molar-refractivity contribution in [2.45, 2.75) is 18.4 Å². The molecule has 0 radical (unpaired) electrons. The van der Waals surface area contributed by atoms with Gasteiger partial charge in [0.25, 0.3) is 0 Å². The summed E-state index contributed by atoms with van der Waals surface area (Å²) in [6.07, 6.45) is 3.65. The highest BCUT2D eigenvalue weighted by Crippen LogP contribution is 2.37. The molecule has 1 fully saturated rings. The predicted octanol–water partition coefficient (Wildman–Crippen LogP) is 1.82. The van der Waals surface area contributed by atoms with E-state index in [1.165, 1.54) is 0 Å². The topological polar surface area (TPSA) is 111 Å². The molecule has 0 bridgehead atoms. The van der Waals surface area contributed by atoms with E-state index in [-0.39, 0.29) is 24.7 Å². The van der Waals surface area contributed by atoms with Gasteiger partial charge in [-0.3, -0.25) is 4.79 Å². The van der Waals surface area contributed by atoms with Crippen molar-refractivity contribution in [1.82, 2.24) is 9.97 Å². The Bertz CT molecular complexity index is 733. The number of hydrogen-bond donors (Lipinski definition) is 3. The van der Waals surface area contributed by atoms with Gasteiger partial charge < -0.3 is 15.7 Å². The molecule has 1 aromatic heterocycles. The third kappa shape index (κ3) is 3.44. The SMILES string of the molecule is N#CC1(O)CC(C(=O)Nc2ccc(Nc3ncccn3)cc2)C1. The summed E-state index contributed by atoms with van der Waals surface area (Å²) in [6, 6.07) is 10.7. The summed E-state index contributed by atoms with van der Waals surface area (Å²) in [6.45, 7) is 0. The first kappa shape index (κ1) is 14.9. The second-order valence-electron chi connectivity index (χ2n) is 5.51. The first-order valence-electron chi connectivity index (χ1n) is 7.17. The molecule has 7 nitrogen and oxygen atoms in total. The molecule has 0 aliphatic heterocycles. The molecule has 3 rings (SSSR count). The quantitative estimate of drug-likeness (QED) is 0.743. The normalized spacial score (nSPS) is 22.5. The van der Waals surface area contributed by atoms with Gasteiger partial charge in [-0.1, -0.05) is 0 Å². The Morgan fingerprint density at radius 3 is 2.43 bits per heavy atom. The zero-order valence-corrected chi connectivity index (χ0v) is 12.2. The van der Waals surface area contributed by atoms with Crippen molar-refractivity contribution < 1.29 is 9.90 Å². The number of aliphatic hydroxyl groups is 1. The summed E-state index contributed by atoms with van der Waals surface area (Å²) in [5.41, 5.74) is 0.115. The predicted molar refractivity (Wildman–Crippen MR) is 83.7 cm³/mol. The molecule has 1 amide bonds. The summed E-state index contributed by atoms with van der Waals surface area (Å²) < 4.78 is 0. The van der Waals surface area contributed by atoms with Gasteiger partial charge in [0, 0.05) is 42.5 Å². The van der Waals surface area contributed by atoms with Crippen LogP contribution in [0.2, 0.25) is 0 Å². The highest BCUT2D eigenvalue weighted by molar-refractivity contribution is 5.93. The van der Waals surface area contributed by atoms with Crippen molar-refractivity contribution in [3.8, 4) is 6.07 Å². The maximum atomic E-state index is 12.0. The zero-order chi connectivity index (χ0) is 16.3. The average molecular weight is 309 g/mol. The van der Waals surface area contributed by atoms with Crippen LogP contribution in [0.3, 0.4) is 0 Å². The van der Waals surface area contributed by atoms with Gasteiger partial charge in [0.1, 0.15) is 0 Å². The van der Waals surface area contributed by atoms with E-state index in [1.54, 1.807) is 42.7 Å². The molecule has 1 aliphatic carbocycles. The lowest BCUT2D eigenvalue weighted by Crippen LogP contribution is -2.47. The van der Waals surface area contributed by atoms with Crippen LogP contribution in [0.5, 0.6) is 0 Å². The van der Waals surface area contributed by atoms with Crippen molar-refractivity contribution in [2.75, 3.05) is 10.6 Å². The van der Waals surface area contributed by atoms with Gasteiger partial charge in [0.2, 0.25) is 11.9 Å². The Labute approximate surface area is 133 Å². The number of nitriles is 1. The van der Waals surface area contributed by atoms with E-state index < -0.39 is 5.60 Å². The number of aromatic nitrogens is 2. The molecule has 1 saturated carbocycles. The third-order valence-electron chi connectivity index (χ3n) is 3.72. The monoisotopic (exact) mass is 309 g/mol. The Balaban J connectivity index is 1.56. The molecule has 1 heterocycles. The number of benzene rings is 1. The highest BCUT2D eigenvalue weighted by Gasteiger charge is 2.46. The van der Waals surface area contributed by atoms with Crippen LogP contribution in [0.25, 0.3) is 0 Å². The largest absolute Gasteiger partial charge is 0.375 e. The van der Waals surface area contributed by atoms with Crippen LogP contribution in [-0.4, -0.2) is 26.6 Å². The van der Waals surface area contributed by atoms with Gasteiger partial charge in [0.05, 0.1) is 6.07 Å². The lowest BCUT2D eigenvalue weighted by molar-refractivity contribution is -0.130. The highest BCUT2D eigenvalue weighted by atomic mass is 16.3. The fourth-order valence-electron chi connectivity index (χ4n) is 2.41. The minimum atomic E-state index is -1.34. The Morgan fingerprint density at radius 2 is 1.83 bits per heavy atom. The maximum absolute atomic E-state index is 12.0. The molecule has 116 valence electrons. The third-order valence-corrected chi connectivity index (χ3v) is 3.72. The van der Waals surface area contributed by atoms with E-state index in [0.29, 0.717) is 11.6 Å².